The number of benzene rings is 2. The van der Waals surface area contributed by atoms with Crippen molar-refractivity contribution in [3.63, 3.8) is 0 Å². The van der Waals surface area contributed by atoms with Crippen LogP contribution in [0.2, 0.25) is 0 Å². The van der Waals surface area contributed by atoms with Crippen LogP contribution in [0.15, 0.2) is 46.4 Å². The first-order valence-corrected chi connectivity index (χ1v) is 23.0. The predicted molar refractivity (Wildman–Crippen MR) is 237 cm³/mol. The molecule has 1 atom stereocenters. The Morgan fingerprint density at radius 1 is 0.473 bits per heavy atom. The molecule has 2 aromatic rings. The molecule has 0 aliphatic heterocycles. The molecule has 312 valence electrons. The number of nitrogens with zero attached hydrogens (tertiary/aromatic N) is 2. The van der Waals surface area contributed by atoms with Crippen LogP contribution in [0.1, 0.15) is 212 Å². The highest BCUT2D eigenvalue weighted by atomic mass is 16.5. The fourth-order valence-corrected chi connectivity index (χ4v) is 7.04. The van der Waals surface area contributed by atoms with Crippen LogP contribution < -0.4 is 9.47 Å². The lowest BCUT2D eigenvalue weighted by molar-refractivity contribution is 0.288. The molecule has 0 radical (unpaired) electrons. The summed E-state index contributed by atoms with van der Waals surface area (Å²) < 4.78 is 11.9. The highest BCUT2D eigenvalue weighted by Gasteiger charge is 2.09. The lowest BCUT2D eigenvalue weighted by Gasteiger charge is -2.10. The van der Waals surface area contributed by atoms with Gasteiger partial charge in [0, 0.05) is 23.6 Å². The van der Waals surface area contributed by atoms with Gasteiger partial charge in [0.15, 0.2) is 23.0 Å². The van der Waals surface area contributed by atoms with Crippen LogP contribution >= 0.6 is 0 Å². The molecule has 0 saturated heterocycles. The second-order valence-corrected chi connectivity index (χ2v) is 15.9. The number of aliphatic imine (C=N–C) groups is 2. The highest BCUT2D eigenvalue weighted by Crippen LogP contribution is 2.30. The van der Waals surface area contributed by atoms with Gasteiger partial charge < -0.3 is 19.7 Å². The zero-order valence-electron chi connectivity index (χ0n) is 35.7. The Morgan fingerprint density at radius 3 is 1.16 bits per heavy atom. The van der Waals surface area contributed by atoms with Gasteiger partial charge in [-0.3, -0.25) is 9.98 Å². The number of hydrogen-bond donors (Lipinski definition) is 2. The molecule has 0 aliphatic rings. The maximum atomic E-state index is 10.8. The molecule has 0 bridgehead atoms. The Labute approximate surface area is 338 Å². The Hall–Kier alpha value is -3.02. The van der Waals surface area contributed by atoms with Crippen LogP contribution in [0.25, 0.3) is 0 Å². The van der Waals surface area contributed by atoms with Gasteiger partial charge in [-0.2, -0.15) is 0 Å². The first-order valence-electron chi connectivity index (χ1n) is 23.0. The van der Waals surface area contributed by atoms with E-state index in [0.29, 0.717) is 42.4 Å². The van der Waals surface area contributed by atoms with E-state index in [1.54, 1.807) is 12.4 Å². The second-order valence-electron chi connectivity index (χ2n) is 15.9. The van der Waals surface area contributed by atoms with Gasteiger partial charge in [0.2, 0.25) is 0 Å². The maximum Gasteiger partial charge on any atom is 0.166 e. The largest absolute Gasteiger partial charge is 0.504 e. The minimum atomic E-state index is -0.0994. The van der Waals surface area contributed by atoms with E-state index in [1.165, 1.54) is 154 Å². The molecule has 6 heteroatoms. The van der Waals surface area contributed by atoms with Crippen molar-refractivity contribution >= 4 is 12.4 Å². The van der Waals surface area contributed by atoms with Gasteiger partial charge in [-0.05, 0) is 44.0 Å². The average Bonchev–Trinajstić information content (AvgIpc) is 3.19. The van der Waals surface area contributed by atoms with Crippen molar-refractivity contribution in [3.8, 4) is 23.0 Å². The third kappa shape index (κ3) is 25.0. The normalized spacial score (nSPS) is 12.3. The van der Waals surface area contributed by atoms with E-state index in [2.05, 4.69) is 23.8 Å². The molecule has 0 heterocycles. The van der Waals surface area contributed by atoms with Crippen LogP contribution in [0.5, 0.6) is 23.0 Å². The van der Waals surface area contributed by atoms with Gasteiger partial charge in [-0.25, -0.2) is 0 Å². The van der Waals surface area contributed by atoms with Gasteiger partial charge in [0.1, 0.15) is 0 Å². The molecule has 0 fully saturated rings. The van der Waals surface area contributed by atoms with Crippen LogP contribution in [0, 0.1) is 0 Å². The summed E-state index contributed by atoms with van der Waals surface area (Å²) in [5.74, 6) is 1.27. The van der Waals surface area contributed by atoms with Crippen molar-refractivity contribution in [2.24, 2.45) is 9.98 Å². The third-order valence-electron chi connectivity index (χ3n) is 10.6. The number of para-hydroxylation sites is 2. The van der Waals surface area contributed by atoms with Gasteiger partial charge in [0.05, 0.1) is 25.8 Å². The van der Waals surface area contributed by atoms with E-state index in [0.717, 1.165) is 25.7 Å². The van der Waals surface area contributed by atoms with Crippen molar-refractivity contribution < 1.29 is 19.7 Å². The second kappa shape index (κ2) is 34.2. The number of hydrogen-bond acceptors (Lipinski definition) is 6. The summed E-state index contributed by atoms with van der Waals surface area (Å²) in [6.45, 7) is 8.21. The van der Waals surface area contributed by atoms with Crippen LogP contribution in [0.4, 0.5) is 0 Å². The molecule has 2 N–H and O–H groups in total. The summed E-state index contributed by atoms with van der Waals surface area (Å²) in [6.07, 6.45) is 40.5. The molecular formula is C49H82N2O4. The number of ether oxygens (including phenoxy) is 2. The number of aromatic hydroxyl groups is 2. The lowest BCUT2D eigenvalue weighted by atomic mass is 10.0. The average molecular weight is 763 g/mol. The van der Waals surface area contributed by atoms with Crippen LogP contribution in [0.3, 0.4) is 0 Å². The Morgan fingerprint density at radius 2 is 0.800 bits per heavy atom. The van der Waals surface area contributed by atoms with Gasteiger partial charge in [-0.1, -0.05) is 193 Å². The Balaban J connectivity index is 1.57. The van der Waals surface area contributed by atoms with E-state index >= 15 is 0 Å². The van der Waals surface area contributed by atoms with E-state index in [1.807, 2.05) is 43.3 Å². The first-order chi connectivity index (χ1) is 27.1. The molecule has 0 spiro atoms. The summed E-state index contributed by atoms with van der Waals surface area (Å²) in [5.41, 5.74) is 1.27. The third-order valence-corrected chi connectivity index (χ3v) is 10.6. The number of phenols is 2. The van der Waals surface area contributed by atoms with E-state index in [9.17, 15) is 10.2 Å². The molecule has 2 aromatic carbocycles. The lowest BCUT2D eigenvalue weighted by Crippen LogP contribution is -2.04. The topological polar surface area (TPSA) is 83.6 Å². The quantitative estimate of drug-likeness (QED) is 0.0530. The first kappa shape index (κ1) is 48.1. The fraction of sp³-hybridized carbons (Fsp3) is 0.714. The van der Waals surface area contributed by atoms with Crippen molar-refractivity contribution in [1.29, 1.82) is 0 Å². The van der Waals surface area contributed by atoms with E-state index in [4.69, 9.17) is 9.47 Å². The summed E-state index contributed by atoms with van der Waals surface area (Å²) in [4.78, 5) is 9.14. The van der Waals surface area contributed by atoms with Gasteiger partial charge >= 0.3 is 0 Å². The SMILES string of the molecule is CCCCCCCCCCCCCCCCOc1cccc(C=NCC(C)N=Cc2cccc(OCCCCCCCCCCCCCCCC)c2O)c1O. The maximum absolute atomic E-state index is 10.8. The fourth-order valence-electron chi connectivity index (χ4n) is 7.04. The van der Waals surface area contributed by atoms with Crippen molar-refractivity contribution in [2.75, 3.05) is 19.8 Å². The molecule has 2 rings (SSSR count). The number of phenolic OH excluding ortho intramolecular Hbond substituents is 2. The highest BCUT2D eigenvalue weighted by molar-refractivity contribution is 5.85. The summed E-state index contributed by atoms with van der Waals surface area (Å²) in [7, 11) is 0. The number of unbranched alkanes of at least 4 members (excludes halogenated alkanes) is 26. The molecule has 0 aliphatic carbocycles. The number of rotatable bonds is 37. The minimum Gasteiger partial charge on any atom is -0.504 e. The molecule has 55 heavy (non-hydrogen) atoms. The smallest absolute Gasteiger partial charge is 0.166 e. The zero-order valence-corrected chi connectivity index (χ0v) is 35.7. The molecule has 0 saturated carbocycles. The van der Waals surface area contributed by atoms with E-state index < -0.39 is 0 Å². The Bertz CT molecular complexity index is 1250. The standard InChI is InChI=1S/C49H82N2O4/c1-4-6-8-10-12-14-16-18-20-22-24-26-28-30-38-54-46-36-32-34-44(48(46)52)41-50-40-43(3)51-42-45-35-33-37-47(49(45)53)55-39-31-29-27-25-23-21-19-17-15-13-11-9-7-5-2/h32-37,41-43,52-53H,4-31,38-40H2,1-3H3. The minimum absolute atomic E-state index is 0.0994. The monoisotopic (exact) mass is 763 g/mol. The van der Waals surface area contributed by atoms with E-state index in [-0.39, 0.29) is 17.5 Å². The van der Waals surface area contributed by atoms with Crippen LogP contribution in [-0.2, 0) is 0 Å². The van der Waals surface area contributed by atoms with Crippen molar-refractivity contribution in [2.45, 2.75) is 207 Å². The molecular weight excluding hydrogens is 681 g/mol. The van der Waals surface area contributed by atoms with Crippen LogP contribution in [-0.4, -0.2) is 48.4 Å². The molecule has 0 aromatic heterocycles. The summed E-state index contributed by atoms with van der Waals surface area (Å²) in [6, 6.07) is 11.0. The Kier molecular flexibility index (Phi) is 30.0. The van der Waals surface area contributed by atoms with Crippen molar-refractivity contribution in [3.05, 3.63) is 47.5 Å². The summed E-state index contributed by atoms with van der Waals surface area (Å²) >= 11 is 0. The van der Waals surface area contributed by atoms with Gasteiger partial charge in [0.25, 0.3) is 0 Å². The summed E-state index contributed by atoms with van der Waals surface area (Å²) in [5, 5.41) is 21.6. The zero-order chi connectivity index (χ0) is 39.4. The predicted octanol–water partition coefficient (Wildman–Crippen LogP) is 14.7. The molecule has 1 unspecified atom stereocenters. The molecule has 6 nitrogen and oxygen atoms in total. The van der Waals surface area contributed by atoms with Crippen molar-refractivity contribution in [1.82, 2.24) is 0 Å². The molecule has 0 amide bonds. The van der Waals surface area contributed by atoms with Gasteiger partial charge in [-0.15, -0.1) is 0 Å².